The van der Waals surface area contributed by atoms with Crippen LogP contribution in [0.25, 0.3) is 0 Å². The fourth-order valence-electron chi connectivity index (χ4n) is 2.40. The van der Waals surface area contributed by atoms with Gasteiger partial charge in [0.15, 0.2) is 0 Å². The van der Waals surface area contributed by atoms with Gasteiger partial charge in [-0.25, -0.2) is 0 Å². The van der Waals surface area contributed by atoms with E-state index in [-0.39, 0.29) is 5.41 Å². The summed E-state index contributed by atoms with van der Waals surface area (Å²) in [5.74, 6) is 0.782. The summed E-state index contributed by atoms with van der Waals surface area (Å²) < 4.78 is 0. The fourth-order valence-corrected chi connectivity index (χ4v) is 2.40. The Bertz CT molecular complexity index is 342. The zero-order valence-electron chi connectivity index (χ0n) is 10.8. The molecule has 1 aliphatic carbocycles. The molecule has 94 valence electrons. The van der Waals surface area contributed by atoms with E-state index in [4.69, 9.17) is 5.73 Å². The lowest BCUT2D eigenvalue weighted by atomic mass is 9.80. The molecule has 1 aromatic rings. The summed E-state index contributed by atoms with van der Waals surface area (Å²) in [7, 11) is 0. The molecule has 0 aromatic carbocycles. The molecule has 0 amide bonds. The minimum absolute atomic E-state index is 0.0904. The molecule has 17 heavy (non-hydrogen) atoms. The van der Waals surface area contributed by atoms with Crippen molar-refractivity contribution in [2.24, 2.45) is 11.7 Å². The third-order valence-corrected chi connectivity index (χ3v) is 3.63. The Morgan fingerprint density at radius 3 is 2.76 bits per heavy atom. The first-order valence-corrected chi connectivity index (χ1v) is 6.46. The van der Waals surface area contributed by atoms with E-state index in [1.807, 2.05) is 12.3 Å². The smallest absolute Gasteiger partial charge is 0.0472 e. The minimum atomic E-state index is 0.0904. The van der Waals surface area contributed by atoms with Gasteiger partial charge >= 0.3 is 0 Å². The van der Waals surface area contributed by atoms with E-state index in [2.05, 4.69) is 36.3 Å². The summed E-state index contributed by atoms with van der Waals surface area (Å²) in [5.41, 5.74) is 7.02. The van der Waals surface area contributed by atoms with Crippen LogP contribution in [0.1, 0.15) is 32.4 Å². The number of rotatable bonds is 5. The zero-order chi connectivity index (χ0) is 12.3. The molecule has 0 saturated heterocycles. The number of hydrogen-bond acceptors (Lipinski definition) is 3. The van der Waals surface area contributed by atoms with E-state index in [0.29, 0.717) is 6.04 Å². The van der Waals surface area contributed by atoms with Crippen LogP contribution in [0.5, 0.6) is 0 Å². The van der Waals surface area contributed by atoms with Crippen molar-refractivity contribution in [3.8, 4) is 0 Å². The van der Waals surface area contributed by atoms with Crippen molar-refractivity contribution in [2.75, 3.05) is 13.1 Å². The Balaban J connectivity index is 1.77. The Hall–Kier alpha value is -0.930. The van der Waals surface area contributed by atoms with E-state index in [9.17, 15) is 0 Å². The summed E-state index contributed by atoms with van der Waals surface area (Å²) in [5, 5.41) is 3.55. The molecule has 1 fully saturated rings. The summed E-state index contributed by atoms with van der Waals surface area (Å²) in [6.07, 6.45) is 4.22. The predicted molar refractivity (Wildman–Crippen MR) is 70.8 cm³/mol. The van der Waals surface area contributed by atoms with Gasteiger partial charge in [0, 0.05) is 29.9 Å². The maximum atomic E-state index is 5.78. The maximum absolute atomic E-state index is 5.78. The standard InChI is InChI=1S/C14H23N3/c1-14(2,13-5-3-4-6-17-13)10-16-9-11-7-12(15)8-11/h3-6,11-12,16H,7-10,15H2,1-2H3. The number of nitrogens with two attached hydrogens (primary N) is 1. The largest absolute Gasteiger partial charge is 0.328 e. The summed E-state index contributed by atoms with van der Waals surface area (Å²) >= 11 is 0. The van der Waals surface area contributed by atoms with Crippen LogP contribution < -0.4 is 11.1 Å². The van der Waals surface area contributed by atoms with Crippen molar-refractivity contribution in [3.05, 3.63) is 30.1 Å². The first kappa shape index (κ1) is 12.5. The van der Waals surface area contributed by atoms with Gasteiger partial charge in [0.25, 0.3) is 0 Å². The van der Waals surface area contributed by atoms with Crippen LogP contribution in [0.3, 0.4) is 0 Å². The molecule has 0 radical (unpaired) electrons. The van der Waals surface area contributed by atoms with E-state index in [1.54, 1.807) is 0 Å². The van der Waals surface area contributed by atoms with Gasteiger partial charge in [-0.3, -0.25) is 4.98 Å². The molecule has 0 unspecified atom stereocenters. The van der Waals surface area contributed by atoms with E-state index < -0.39 is 0 Å². The molecule has 1 saturated carbocycles. The highest BCUT2D eigenvalue weighted by Crippen LogP contribution is 2.25. The summed E-state index contributed by atoms with van der Waals surface area (Å²) in [6, 6.07) is 6.56. The first-order chi connectivity index (χ1) is 8.08. The molecule has 0 spiro atoms. The quantitative estimate of drug-likeness (QED) is 0.813. The van der Waals surface area contributed by atoms with Crippen LogP contribution >= 0.6 is 0 Å². The lowest BCUT2D eigenvalue weighted by molar-refractivity contribution is 0.250. The summed E-state index contributed by atoms with van der Waals surface area (Å²) in [4.78, 5) is 4.43. The van der Waals surface area contributed by atoms with Crippen LogP contribution in [0, 0.1) is 5.92 Å². The lowest BCUT2D eigenvalue weighted by Gasteiger charge is -2.34. The highest BCUT2D eigenvalue weighted by atomic mass is 14.9. The number of aromatic nitrogens is 1. The van der Waals surface area contributed by atoms with Gasteiger partial charge in [-0.15, -0.1) is 0 Å². The van der Waals surface area contributed by atoms with E-state index in [0.717, 1.165) is 24.7 Å². The zero-order valence-corrected chi connectivity index (χ0v) is 10.8. The molecule has 3 N–H and O–H groups in total. The predicted octanol–water partition coefficient (Wildman–Crippen LogP) is 1.69. The lowest BCUT2D eigenvalue weighted by Crippen LogP contribution is -2.43. The summed E-state index contributed by atoms with van der Waals surface area (Å²) in [6.45, 7) is 6.52. The van der Waals surface area contributed by atoms with Crippen LogP contribution in [0.2, 0.25) is 0 Å². The number of pyridine rings is 1. The average Bonchev–Trinajstić information content (AvgIpc) is 2.28. The van der Waals surface area contributed by atoms with Gasteiger partial charge in [-0.05, 0) is 37.4 Å². The van der Waals surface area contributed by atoms with Crippen molar-refractivity contribution in [3.63, 3.8) is 0 Å². The van der Waals surface area contributed by atoms with Gasteiger partial charge in [-0.1, -0.05) is 19.9 Å². The topological polar surface area (TPSA) is 50.9 Å². The van der Waals surface area contributed by atoms with Gasteiger partial charge < -0.3 is 11.1 Å². The van der Waals surface area contributed by atoms with E-state index >= 15 is 0 Å². The van der Waals surface area contributed by atoms with Gasteiger partial charge in [0.05, 0.1) is 0 Å². The highest BCUT2D eigenvalue weighted by molar-refractivity contribution is 5.14. The third kappa shape index (κ3) is 3.27. The number of nitrogens with one attached hydrogen (secondary N) is 1. The molecular formula is C14H23N3. The Kier molecular flexibility index (Phi) is 3.79. The molecule has 1 aromatic heterocycles. The minimum Gasteiger partial charge on any atom is -0.328 e. The molecule has 0 atom stereocenters. The van der Waals surface area contributed by atoms with E-state index in [1.165, 1.54) is 12.8 Å². The van der Waals surface area contributed by atoms with Crippen LogP contribution in [-0.2, 0) is 5.41 Å². The fraction of sp³-hybridized carbons (Fsp3) is 0.643. The molecule has 1 aliphatic rings. The van der Waals surface area contributed by atoms with Crippen molar-refractivity contribution in [2.45, 2.75) is 38.1 Å². The highest BCUT2D eigenvalue weighted by Gasteiger charge is 2.27. The van der Waals surface area contributed by atoms with Gasteiger partial charge in [0.2, 0.25) is 0 Å². The van der Waals surface area contributed by atoms with Crippen molar-refractivity contribution < 1.29 is 0 Å². The second kappa shape index (κ2) is 5.15. The molecule has 0 bridgehead atoms. The monoisotopic (exact) mass is 233 g/mol. The van der Waals surface area contributed by atoms with Crippen LogP contribution in [0.4, 0.5) is 0 Å². The molecule has 1 heterocycles. The van der Waals surface area contributed by atoms with Crippen LogP contribution in [0.15, 0.2) is 24.4 Å². The Labute approximate surface area is 104 Å². The normalized spacial score (nSPS) is 24.4. The van der Waals surface area contributed by atoms with Crippen molar-refractivity contribution in [1.29, 1.82) is 0 Å². The molecule has 0 aliphatic heterocycles. The van der Waals surface area contributed by atoms with Gasteiger partial charge in [0.1, 0.15) is 0 Å². The Morgan fingerprint density at radius 1 is 1.41 bits per heavy atom. The first-order valence-electron chi connectivity index (χ1n) is 6.46. The number of nitrogens with zero attached hydrogens (tertiary/aromatic N) is 1. The molecule has 3 nitrogen and oxygen atoms in total. The molecule has 2 rings (SSSR count). The second-order valence-corrected chi connectivity index (χ2v) is 5.83. The molecular weight excluding hydrogens is 210 g/mol. The third-order valence-electron chi connectivity index (χ3n) is 3.63. The maximum Gasteiger partial charge on any atom is 0.0472 e. The number of hydrogen-bond donors (Lipinski definition) is 2. The second-order valence-electron chi connectivity index (χ2n) is 5.83. The van der Waals surface area contributed by atoms with Crippen molar-refractivity contribution >= 4 is 0 Å². The Morgan fingerprint density at radius 2 is 2.18 bits per heavy atom. The SMILES string of the molecule is CC(C)(CNCC1CC(N)C1)c1ccccn1. The molecule has 3 heteroatoms. The van der Waals surface area contributed by atoms with Gasteiger partial charge in [-0.2, -0.15) is 0 Å². The average molecular weight is 233 g/mol. The van der Waals surface area contributed by atoms with Crippen LogP contribution in [-0.4, -0.2) is 24.1 Å². The van der Waals surface area contributed by atoms with Crippen molar-refractivity contribution in [1.82, 2.24) is 10.3 Å².